The van der Waals surface area contributed by atoms with Crippen molar-refractivity contribution in [1.29, 1.82) is 0 Å². The summed E-state index contributed by atoms with van der Waals surface area (Å²) < 4.78 is 0. The average molecular weight is 248 g/mol. The lowest BCUT2D eigenvalue weighted by Crippen LogP contribution is -2.27. The van der Waals surface area contributed by atoms with E-state index in [1.165, 1.54) is 29.5 Å². The Hall–Kier alpha value is -0.820. The standard InChI is InChI=1S/C17H28O/c1-5-7-10-17(6-2,13-18)12-16-9-8-14(3)15(4)11-16/h8-9,11,18H,5-7,10,12-13H2,1-4H3. The number of aliphatic hydroxyl groups is 1. The highest BCUT2D eigenvalue weighted by atomic mass is 16.3. The van der Waals surface area contributed by atoms with Gasteiger partial charge in [-0.05, 0) is 55.2 Å². The van der Waals surface area contributed by atoms with Gasteiger partial charge in [-0.3, -0.25) is 0 Å². The molecule has 1 nitrogen and oxygen atoms in total. The molecule has 1 aromatic carbocycles. The van der Waals surface area contributed by atoms with Crippen LogP contribution in [0.2, 0.25) is 0 Å². The summed E-state index contributed by atoms with van der Waals surface area (Å²) in [6, 6.07) is 6.69. The lowest BCUT2D eigenvalue weighted by molar-refractivity contribution is 0.107. The molecule has 18 heavy (non-hydrogen) atoms. The van der Waals surface area contributed by atoms with Crippen molar-refractivity contribution in [2.45, 2.75) is 59.8 Å². The summed E-state index contributed by atoms with van der Waals surface area (Å²) >= 11 is 0. The minimum absolute atomic E-state index is 0.0811. The molecular formula is C17H28O. The minimum atomic E-state index is 0.0811. The topological polar surface area (TPSA) is 20.2 Å². The zero-order chi connectivity index (χ0) is 13.6. The third kappa shape index (κ3) is 3.84. The molecule has 1 aromatic rings. The van der Waals surface area contributed by atoms with Crippen molar-refractivity contribution in [1.82, 2.24) is 0 Å². The summed E-state index contributed by atoms with van der Waals surface area (Å²) in [6.07, 6.45) is 5.59. The average Bonchev–Trinajstić information content (AvgIpc) is 2.39. The minimum Gasteiger partial charge on any atom is -0.396 e. The maximum Gasteiger partial charge on any atom is 0.0490 e. The van der Waals surface area contributed by atoms with E-state index < -0.39 is 0 Å². The van der Waals surface area contributed by atoms with Gasteiger partial charge in [0.25, 0.3) is 0 Å². The van der Waals surface area contributed by atoms with Gasteiger partial charge >= 0.3 is 0 Å². The molecule has 0 saturated carbocycles. The van der Waals surface area contributed by atoms with E-state index in [1.807, 2.05) is 0 Å². The van der Waals surface area contributed by atoms with E-state index in [4.69, 9.17) is 0 Å². The number of aryl methyl sites for hydroxylation is 2. The summed E-state index contributed by atoms with van der Waals surface area (Å²) in [5, 5.41) is 9.79. The third-order valence-electron chi connectivity index (χ3n) is 4.30. The molecule has 1 N–H and O–H groups in total. The fourth-order valence-electron chi connectivity index (χ4n) is 2.54. The summed E-state index contributed by atoms with van der Waals surface area (Å²) in [7, 11) is 0. The molecule has 0 aliphatic heterocycles. The van der Waals surface area contributed by atoms with Crippen molar-refractivity contribution < 1.29 is 5.11 Å². The van der Waals surface area contributed by atoms with Gasteiger partial charge in [-0.15, -0.1) is 0 Å². The number of hydrogen-bond donors (Lipinski definition) is 1. The second-order valence-corrected chi connectivity index (χ2v) is 5.71. The van der Waals surface area contributed by atoms with Crippen LogP contribution in [0.4, 0.5) is 0 Å². The maximum atomic E-state index is 9.79. The summed E-state index contributed by atoms with van der Waals surface area (Å²) in [5.41, 5.74) is 4.15. The smallest absolute Gasteiger partial charge is 0.0490 e. The normalized spacial score (nSPS) is 14.5. The van der Waals surface area contributed by atoms with Gasteiger partial charge in [0.1, 0.15) is 0 Å². The van der Waals surface area contributed by atoms with Crippen LogP contribution in [0.3, 0.4) is 0 Å². The first-order chi connectivity index (χ1) is 8.56. The quantitative estimate of drug-likeness (QED) is 0.757. The molecule has 0 aliphatic rings. The van der Waals surface area contributed by atoms with Crippen LogP contribution in [0.25, 0.3) is 0 Å². The molecule has 0 spiro atoms. The second kappa shape index (κ2) is 6.94. The number of hydrogen-bond acceptors (Lipinski definition) is 1. The van der Waals surface area contributed by atoms with Crippen LogP contribution in [-0.2, 0) is 6.42 Å². The molecule has 0 aliphatic carbocycles. The van der Waals surface area contributed by atoms with Crippen LogP contribution in [0.5, 0.6) is 0 Å². The Balaban J connectivity index is 2.84. The van der Waals surface area contributed by atoms with Gasteiger partial charge in [0, 0.05) is 6.61 Å². The molecule has 0 bridgehead atoms. The predicted octanol–water partition coefficient (Wildman–Crippen LogP) is 4.42. The van der Waals surface area contributed by atoms with Crippen LogP contribution in [-0.4, -0.2) is 11.7 Å². The molecule has 1 heteroatoms. The molecule has 1 rings (SSSR count). The van der Waals surface area contributed by atoms with Crippen molar-refractivity contribution >= 4 is 0 Å². The molecule has 1 unspecified atom stereocenters. The highest BCUT2D eigenvalue weighted by Gasteiger charge is 2.27. The van der Waals surface area contributed by atoms with E-state index >= 15 is 0 Å². The molecular weight excluding hydrogens is 220 g/mol. The first-order valence-corrected chi connectivity index (χ1v) is 7.24. The zero-order valence-electron chi connectivity index (χ0n) is 12.4. The molecule has 0 heterocycles. The lowest BCUT2D eigenvalue weighted by atomic mass is 9.76. The molecule has 0 amide bonds. The molecule has 102 valence electrons. The fraction of sp³-hybridized carbons (Fsp3) is 0.647. The summed E-state index contributed by atoms with van der Waals surface area (Å²) in [6.45, 7) is 9.03. The molecule has 0 saturated heterocycles. The summed E-state index contributed by atoms with van der Waals surface area (Å²) in [5.74, 6) is 0. The zero-order valence-corrected chi connectivity index (χ0v) is 12.4. The van der Waals surface area contributed by atoms with Crippen LogP contribution in [0.1, 0.15) is 56.2 Å². The Morgan fingerprint density at radius 1 is 1.11 bits per heavy atom. The van der Waals surface area contributed by atoms with Crippen molar-refractivity contribution in [2.24, 2.45) is 5.41 Å². The summed E-state index contributed by atoms with van der Waals surface area (Å²) in [4.78, 5) is 0. The Kier molecular flexibility index (Phi) is 5.87. The second-order valence-electron chi connectivity index (χ2n) is 5.71. The monoisotopic (exact) mass is 248 g/mol. The van der Waals surface area contributed by atoms with E-state index in [2.05, 4.69) is 45.9 Å². The van der Waals surface area contributed by atoms with Gasteiger partial charge in [0.2, 0.25) is 0 Å². The lowest BCUT2D eigenvalue weighted by Gasteiger charge is -2.31. The number of unbranched alkanes of at least 4 members (excludes halogenated alkanes) is 1. The molecule has 0 fully saturated rings. The van der Waals surface area contributed by atoms with E-state index in [1.54, 1.807) is 0 Å². The van der Waals surface area contributed by atoms with Crippen LogP contribution >= 0.6 is 0 Å². The molecule has 1 atom stereocenters. The van der Waals surface area contributed by atoms with Crippen LogP contribution < -0.4 is 0 Å². The van der Waals surface area contributed by atoms with Gasteiger partial charge in [-0.1, -0.05) is 44.9 Å². The van der Waals surface area contributed by atoms with Gasteiger partial charge in [0.15, 0.2) is 0 Å². The van der Waals surface area contributed by atoms with Crippen molar-refractivity contribution in [2.75, 3.05) is 6.61 Å². The van der Waals surface area contributed by atoms with E-state index in [-0.39, 0.29) is 5.41 Å². The Morgan fingerprint density at radius 3 is 2.33 bits per heavy atom. The van der Waals surface area contributed by atoms with Crippen LogP contribution in [0.15, 0.2) is 18.2 Å². The first kappa shape index (κ1) is 15.2. The Morgan fingerprint density at radius 2 is 1.83 bits per heavy atom. The fourth-order valence-corrected chi connectivity index (χ4v) is 2.54. The van der Waals surface area contributed by atoms with Crippen molar-refractivity contribution in [3.63, 3.8) is 0 Å². The van der Waals surface area contributed by atoms with E-state index in [0.29, 0.717) is 6.61 Å². The Labute approximate surface area is 112 Å². The maximum absolute atomic E-state index is 9.79. The largest absolute Gasteiger partial charge is 0.396 e. The third-order valence-corrected chi connectivity index (χ3v) is 4.30. The van der Waals surface area contributed by atoms with Gasteiger partial charge in [-0.25, -0.2) is 0 Å². The van der Waals surface area contributed by atoms with E-state index in [0.717, 1.165) is 19.3 Å². The van der Waals surface area contributed by atoms with E-state index in [9.17, 15) is 5.11 Å². The van der Waals surface area contributed by atoms with Crippen molar-refractivity contribution in [3.8, 4) is 0 Å². The highest BCUT2D eigenvalue weighted by molar-refractivity contribution is 5.30. The SMILES string of the molecule is CCCCC(CC)(CO)Cc1ccc(C)c(C)c1. The number of aliphatic hydroxyl groups excluding tert-OH is 1. The Bertz CT molecular complexity index is 364. The van der Waals surface area contributed by atoms with Crippen molar-refractivity contribution in [3.05, 3.63) is 34.9 Å². The predicted molar refractivity (Wildman–Crippen MR) is 79.0 cm³/mol. The molecule has 0 aromatic heterocycles. The van der Waals surface area contributed by atoms with Crippen LogP contribution in [0, 0.1) is 19.3 Å². The first-order valence-electron chi connectivity index (χ1n) is 7.24. The molecule has 0 radical (unpaired) electrons. The van der Waals surface area contributed by atoms with Gasteiger partial charge in [-0.2, -0.15) is 0 Å². The number of rotatable bonds is 7. The highest BCUT2D eigenvalue weighted by Crippen LogP contribution is 2.33. The van der Waals surface area contributed by atoms with Gasteiger partial charge in [0.05, 0.1) is 0 Å². The van der Waals surface area contributed by atoms with Gasteiger partial charge < -0.3 is 5.11 Å². The number of benzene rings is 1.